The maximum absolute atomic E-state index is 12.9. The Balaban J connectivity index is 1.84. The third kappa shape index (κ3) is 4.74. The van der Waals surface area contributed by atoms with E-state index in [-0.39, 0.29) is 12.5 Å². The van der Waals surface area contributed by atoms with Crippen LogP contribution in [0.2, 0.25) is 0 Å². The van der Waals surface area contributed by atoms with Gasteiger partial charge in [0.1, 0.15) is 11.6 Å². The number of carbonyl (C=O) groups excluding carboxylic acids is 3. The van der Waals surface area contributed by atoms with Gasteiger partial charge in [0.25, 0.3) is 5.91 Å². The highest BCUT2D eigenvalue weighted by atomic mass is 16.6. The maximum atomic E-state index is 12.9. The first-order valence-electron chi connectivity index (χ1n) is 9.46. The molecule has 1 aliphatic carbocycles. The third-order valence-corrected chi connectivity index (χ3v) is 4.58. The molecule has 1 heterocycles. The summed E-state index contributed by atoms with van der Waals surface area (Å²) in [6.45, 7) is 5.55. The number of alkyl carbamates (subject to hydrolysis) is 1. The zero-order chi connectivity index (χ0) is 20.5. The van der Waals surface area contributed by atoms with Crippen molar-refractivity contribution >= 4 is 29.5 Å². The smallest absolute Gasteiger partial charge is 0.414 e. The minimum absolute atomic E-state index is 0.0388. The lowest BCUT2D eigenvalue weighted by Gasteiger charge is -2.26. The molecule has 152 valence electrons. The maximum Gasteiger partial charge on any atom is 0.414 e. The highest BCUT2D eigenvalue weighted by molar-refractivity contribution is 6.06. The topological polar surface area (TPSA) is 88.2 Å². The van der Waals surface area contributed by atoms with Crippen LogP contribution in [0, 0.1) is 5.92 Å². The largest absolute Gasteiger partial charge is 0.449 e. The Morgan fingerprint density at radius 2 is 1.82 bits per heavy atom. The van der Waals surface area contributed by atoms with Gasteiger partial charge in [-0.15, -0.1) is 0 Å². The molecule has 1 unspecified atom stereocenters. The molecular formula is C20H27N3O5. The van der Waals surface area contributed by atoms with E-state index in [1.807, 2.05) is 0 Å². The molecule has 1 aliphatic heterocycles. The average molecular weight is 389 g/mol. The van der Waals surface area contributed by atoms with Gasteiger partial charge in [-0.2, -0.15) is 0 Å². The van der Waals surface area contributed by atoms with Crippen molar-refractivity contribution < 1.29 is 23.9 Å². The van der Waals surface area contributed by atoms with Gasteiger partial charge < -0.3 is 19.7 Å². The van der Waals surface area contributed by atoms with Crippen LogP contribution >= 0.6 is 0 Å². The first kappa shape index (κ1) is 20.0. The molecule has 0 radical (unpaired) electrons. The van der Waals surface area contributed by atoms with Crippen LogP contribution in [0.15, 0.2) is 24.3 Å². The number of likely N-dealkylation sites (N-methyl/N-ethyl adjacent to an activating group) is 1. The van der Waals surface area contributed by atoms with Crippen LogP contribution in [0.5, 0.6) is 0 Å². The molecule has 1 aromatic rings. The SMILES string of the molecule is CN1C(=O)C(NC(=O)OC(C)(C)C)CN(C(=O)OCC2CC2)c2ccccc21. The van der Waals surface area contributed by atoms with E-state index in [1.54, 1.807) is 52.1 Å². The molecule has 0 spiro atoms. The standard InChI is InChI=1S/C20H27N3O5/c1-20(2,3)28-18(25)21-14-11-23(19(26)27-12-13-9-10-13)16-8-6-5-7-15(16)22(4)17(14)24/h5-8,13-14H,9-12H2,1-4H3,(H,21,25). The predicted octanol–water partition coefficient (Wildman–Crippen LogP) is 2.91. The number of nitrogens with one attached hydrogen (secondary N) is 1. The third-order valence-electron chi connectivity index (χ3n) is 4.58. The van der Waals surface area contributed by atoms with Crippen LogP contribution in [0.1, 0.15) is 33.6 Å². The van der Waals surface area contributed by atoms with Gasteiger partial charge in [0.15, 0.2) is 0 Å². The van der Waals surface area contributed by atoms with Gasteiger partial charge in [-0.25, -0.2) is 9.59 Å². The van der Waals surface area contributed by atoms with Crippen molar-refractivity contribution in [3.8, 4) is 0 Å². The number of para-hydroxylation sites is 2. The molecule has 1 aromatic carbocycles. The van der Waals surface area contributed by atoms with Crippen molar-refractivity contribution in [1.29, 1.82) is 0 Å². The van der Waals surface area contributed by atoms with E-state index in [0.29, 0.717) is 23.9 Å². The van der Waals surface area contributed by atoms with E-state index in [0.717, 1.165) is 12.8 Å². The van der Waals surface area contributed by atoms with Crippen molar-refractivity contribution in [2.45, 2.75) is 45.3 Å². The molecule has 3 amide bonds. The number of anilines is 2. The second-order valence-corrected chi connectivity index (χ2v) is 8.22. The van der Waals surface area contributed by atoms with Gasteiger partial charge in [-0.3, -0.25) is 9.69 Å². The number of amides is 3. The second kappa shape index (κ2) is 7.69. The van der Waals surface area contributed by atoms with Crippen LogP contribution in [0.25, 0.3) is 0 Å². The fourth-order valence-corrected chi connectivity index (χ4v) is 2.97. The van der Waals surface area contributed by atoms with E-state index in [9.17, 15) is 14.4 Å². The molecule has 0 bridgehead atoms. The summed E-state index contributed by atoms with van der Waals surface area (Å²) < 4.78 is 10.7. The lowest BCUT2D eigenvalue weighted by molar-refractivity contribution is -0.120. The Morgan fingerprint density at radius 3 is 2.43 bits per heavy atom. The summed E-state index contributed by atoms with van der Waals surface area (Å²) in [6.07, 6.45) is 0.886. The number of fused-ring (bicyclic) bond motifs is 1. The number of benzene rings is 1. The molecule has 1 fully saturated rings. The number of hydrogen-bond donors (Lipinski definition) is 1. The molecule has 3 rings (SSSR count). The first-order chi connectivity index (χ1) is 13.2. The fraction of sp³-hybridized carbons (Fsp3) is 0.550. The van der Waals surface area contributed by atoms with E-state index >= 15 is 0 Å². The highest BCUT2D eigenvalue weighted by Crippen LogP contribution is 2.33. The number of rotatable bonds is 3. The minimum Gasteiger partial charge on any atom is -0.449 e. The molecule has 1 N–H and O–H groups in total. The van der Waals surface area contributed by atoms with Gasteiger partial charge in [-0.05, 0) is 51.7 Å². The van der Waals surface area contributed by atoms with Crippen molar-refractivity contribution in [3.63, 3.8) is 0 Å². The molecular weight excluding hydrogens is 362 g/mol. The quantitative estimate of drug-likeness (QED) is 0.859. The van der Waals surface area contributed by atoms with Crippen LogP contribution in [-0.4, -0.2) is 49.9 Å². The van der Waals surface area contributed by atoms with E-state index < -0.39 is 23.8 Å². The first-order valence-corrected chi connectivity index (χ1v) is 9.46. The lowest BCUT2D eigenvalue weighted by Crippen LogP contribution is -2.53. The molecule has 2 aliphatic rings. The summed E-state index contributed by atoms with van der Waals surface area (Å²) in [6, 6.07) is 6.14. The summed E-state index contributed by atoms with van der Waals surface area (Å²) in [7, 11) is 1.62. The van der Waals surface area contributed by atoms with Gasteiger partial charge >= 0.3 is 12.2 Å². The van der Waals surface area contributed by atoms with Crippen LogP contribution in [0.3, 0.4) is 0 Å². The summed E-state index contributed by atoms with van der Waals surface area (Å²) in [5.74, 6) is 0.0852. The molecule has 28 heavy (non-hydrogen) atoms. The summed E-state index contributed by atoms with van der Waals surface area (Å²) in [5, 5.41) is 2.59. The fourth-order valence-electron chi connectivity index (χ4n) is 2.97. The molecule has 8 nitrogen and oxygen atoms in total. The monoisotopic (exact) mass is 389 g/mol. The number of hydrogen-bond acceptors (Lipinski definition) is 5. The number of nitrogens with zero attached hydrogens (tertiary/aromatic N) is 2. The summed E-state index contributed by atoms with van der Waals surface area (Å²) in [5.41, 5.74) is 0.437. The number of ether oxygens (including phenoxy) is 2. The van der Waals surface area contributed by atoms with Crippen LogP contribution in [0.4, 0.5) is 21.0 Å². The number of carbonyl (C=O) groups is 3. The molecule has 0 saturated heterocycles. The van der Waals surface area contributed by atoms with Crippen molar-refractivity contribution in [2.75, 3.05) is 30.0 Å². The molecule has 8 heteroatoms. The van der Waals surface area contributed by atoms with Gasteiger partial charge in [0, 0.05) is 7.05 Å². The van der Waals surface area contributed by atoms with Crippen molar-refractivity contribution in [3.05, 3.63) is 24.3 Å². The Hall–Kier alpha value is -2.77. The van der Waals surface area contributed by atoms with Gasteiger partial charge in [0.2, 0.25) is 0 Å². The zero-order valence-electron chi connectivity index (χ0n) is 16.7. The lowest BCUT2D eigenvalue weighted by atomic mass is 10.2. The zero-order valence-corrected chi connectivity index (χ0v) is 16.7. The normalized spacial score (nSPS) is 19.6. The Morgan fingerprint density at radius 1 is 1.18 bits per heavy atom. The highest BCUT2D eigenvalue weighted by Gasteiger charge is 2.37. The van der Waals surface area contributed by atoms with Crippen molar-refractivity contribution in [2.24, 2.45) is 5.92 Å². The molecule has 1 atom stereocenters. The molecule has 1 saturated carbocycles. The van der Waals surface area contributed by atoms with Crippen LogP contribution < -0.4 is 15.1 Å². The minimum atomic E-state index is -0.958. The van der Waals surface area contributed by atoms with Crippen LogP contribution in [-0.2, 0) is 14.3 Å². The van der Waals surface area contributed by atoms with E-state index in [4.69, 9.17) is 9.47 Å². The summed E-state index contributed by atoms with van der Waals surface area (Å²) in [4.78, 5) is 40.7. The summed E-state index contributed by atoms with van der Waals surface area (Å²) >= 11 is 0. The predicted molar refractivity (Wildman–Crippen MR) is 104 cm³/mol. The van der Waals surface area contributed by atoms with Gasteiger partial charge in [0.05, 0.1) is 24.5 Å². The second-order valence-electron chi connectivity index (χ2n) is 8.22. The Kier molecular flexibility index (Phi) is 5.49. The van der Waals surface area contributed by atoms with E-state index in [1.165, 1.54) is 9.80 Å². The Labute approximate surface area is 164 Å². The van der Waals surface area contributed by atoms with Crippen molar-refractivity contribution in [1.82, 2.24) is 5.32 Å². The Bertz CT molecular complexity index is 769. The van der Waals surface area contributed by atoms with Gasteiger partial charge in [-0.1, -0.05) is 12.1 Å². The molecule has 0 aromatic heterocycles. The van der Waals surface area contributed by atoms with E-state index in [2.05, 4.69) is 5.32 Å². The average Bonchev–Trinajstić information content (AvgIpc) is 3.45.